The van der Waals surface area contributed by atoms with E-state index in [0.29, 0.717) is 11.8 Å². The van der Waals surface area contributed by atoms with Gasteiger partial charge in [-0.1, -0.05) is 38.2 Å². The van der Waals surface area contributed by atoms with Crippen LogP contribution in [0.2, 0.25) is 0 Å². The van der Waals surface area contributed by atoms with Crippen LogP contribution in [0.1, 0.15) is 20.3 Å². The second kappa shape index (κ2) is 3.33. The molecule has 1 heteroatoms. The van der Waals surface area contributed by atoms with E-state index >= 15 is 0 Å². The lowest BCUT2D eigenvalue weighted by atomic mass is 9.84. The minimum Gasteiger partial charge on any atom is -0.258 e. The third-order valence-electron chi connectivity index (χ3n) is 2.69. The van der Waals surface area contributed by atoms with Crippen molar-refractivity contribution in [2.45, 2.75) is 20.3 Å². The van der Waals surface area contributed by atoms with Crippen LogP contribution in [0.4, 0.5) is 0 Å². The highest BCUT2D eigenvalue weighted by atomic mass is 14.8. The Bertz CT molecular complexity index is 318. The summed E-state index contributed by atoms with van der Waals surface area (Å²) < 4.78 is 0. The fourth-order valence-electron chi connectivity index (χ4n) is 1.91. The van der Waals surface area contributed by atoms with Crippen LogP contribution >= 0.6 is 0 Å². The Hall–Kier alpha value is -1.11. The van der Waals surface area contributed by atoms with Crippen LogP contribution in [0, 0.1) is 11.8 Å². The smallest absolute Gasteiger partial charge is 0.0481 e. The lowest BCUT2D eigenvalue weighted by Crippen LogP contribution is -2.22. The van der Waals surface area contributed by atoms with Crippen molar-refractivity contribution in [1.29, 1.82) is 0 Å². The summed E-state index contributed by atoms with van der Waals surface area (Å²) in [4.78, 5) is 4.61. The second-order valence-corrected chi connectivity index (χ2v) is 3.68. The fourth-order valence-corrected chi connectivity index (χ4v) is 1.91. The van der Waals surface area contributed by atoms with E-state index in [1.165, 1.54) is 11.4 Å². The van der Waals surface area contributed by atoms with Crippen molar-refractivity contribution in [3.05, 3.63) is 36.1 Å². The van der Waals surface area contributed by atoms with Gasteiger partial charge in [0.05, 0.1) is 0 Å². The van der Waals surface area contributed by atoms with Crippen LogP contribution in [-0.2, 0) is 0 Å². The molecule has 0 amide bonds. The zero-order chi connectivity index (χ0) is 9.26. The Morgan fingerprint density at radius 3 is 3.00 bits per heavy atom. The van der Waals surface area contributed by atoms with Gasteiger partial charge in [-0.25, -0.2) is 0 Å². The number of allylic oxidation sites excluding steroid dienone is 6. The van der Waals surface area contributed by atoms with E-state index in [-0.39, 0.29) is 0 Å². The fraction of sp³-hybridized carbons (Fsp3) is 0.417. The van der Waals surface area contributed by atoms with Crippen LogP contribution in [0.3, 0.4) is 0 Å². The maximum Gasteiger partial charge on any atom is 0.0481 e. The van der Waals surface area contributed by atoms with Gasteiger partial charge in [-0.3, -0.25) is 4.99 Å². The van der Waals surface area contributed by atoms with Gasteiger partial charge in [0.2, 0.25) is 0 Å². The average molecular weight is 173 g/mol. The van der Waals surface area contributed by atoms with E-state index in [1.807, 2.05) is 0 Å². The largest absolute Gasteiger partial charge is 0.258 e. The summed E-state index contributed by atoms with van der Waals surface area (Å²) in [6, 6.07) is 0. The molecule has 0 aromatic heterocycles. The first-order chi connectivity index (χ1) is 6.31. The first kappa shape index (κ1) is 8.49. The van der Waals surface area contributed by atoms with Gasteiger partial charge in [0.15, 0.2) is 0 Å². The number of hydrogen-bond donors (Lipinski definition) is 0. The Balaban J connectivity index is 2.33. The van der Waals surface area contributed by atoms with E-state index in [1.54, 1.807) is 0 Å². The molecule has 0 saturated carbocycles. The predicted molar refractivity (Wildman–Crippen MR) is 56.7 cm³/mol. The van der Waals surface area contributed by atoms with E-state index in [0.717, 1.165) is 6.42 Å². The standard InChI is InChI=1S/C12H15N/c1-3-10-8-9(2)11-6-4-5-7-12(11)13-10/h4-9,11H,3H2,1-2H3. The Morgan fingerprint density at radius 1 is 1.38 bits per heavy atom. The van der Waals surface area contributed by atoms with Crippen LogP contribution in [0.15, 0.2) is 41.1 Å². The summed E-state index contributed by atoms with van der Waals surface area (Å²) >= 11 is 0. The van der Waals surface area contributed by atoms with Crippen molar-refractivity contribution in [1.82, 2.24) is 0 Å². The van der Waals surface area contributed by atoms with Crippen molar-refractivity contribution in [2.24, 2.45) is 16.8 Å². The lowest BCUT2D eigenvalue weighted by molar-refractivity contribution is 0.621. The molecule has 1 aliphatic heterocycles. The molecule has 13 heavy (non-hydrogen) atoms. The van der Waals surface area contributed by atoms with Crippen LogP contribution < -0.4 is 0 Å². The first-order valence-electron chi connectivity index (χ1n) is 4.95. The Labute approximate surface area is 79.6 Å². The molecule has 0 aromatic carbocycles. The summed E-state index contributed by atoms with van der Waals surface area (Å²) in [5, 5.41) is 0. The summed E-state index contributed by atoms with van der Waals surface area (Å²) in [5.74, 6) is 1.11. The lowest BCUT2D eigenvalue weighted by Gasteiger charge is -2.25. The zero-order valence-electron chi connectivity index (χ0n) is 8.20. The molecular formula is C12H15N. The maximum absolute atomic E-state index is 4.61. The number of nitrogens with zero attached hydrogens (tertiary/aromatic N) is 1. The maximum atomic E-state index is 4.61. The number of rotatable bonds is 1. The molecule has 0 spiro atoms. The topological polar surface area (TPSA) is 12.4 Å². The van der Waals surface area contributed by atoms with E-state index in [2.05, 4.69) is 49.2 Å². The van der Waals surface area contributed by atoms with Crippen molar-refractivity contribution in [3.63, 3.8) is 0 Å². The molecule has 0 N–H and O–H groups in total. The molecule has 68 valence electrons. The Kier molecular flexibility index (Phi) is 2.17. The van der Waals surface area contributed by atoms with Crippen LogP contribution in [0.5, 0.6) is 0 Å². The minimum absolute atomic E-state index is 0.514. The summed E-state index contributed by atoms with van der Waals surface area (Å²) in [6.07, 6.45) is 11.9. The molecule has 0 saturated heterocycles. The van der Waals surface area contributed by atoms with Gasteiger partial charge in [0.25, 0.3) is 0 Å². The highest BCUT2D eigenvalue weighted by molar-refractivity contribution is 6.00. The molecule has 2 unspecified atom stereocenters. The molecule has 2 aliphatic rings. The van der Waals surface area contributed by atoms with Crippen LogP contribution in [-0.4, -0.2) is 5.71 Å². The molecular weight excluding hydrogens is 158 g/mol. The number of fused-ring (bicyclic) bond motifs is 1. The molecule has 1 nitrogen and oxygen atoms in total. The van der Waals surface area contributed by atoms with Gasteiger partial charge in [0.1, 0.15) is 0 Å². The normalized spacial score (nSPS) is 30.9. The van der Waals surface area contributed by atoms with Crippen LogP contribution in [0.25, 0.3) is 0 Å². The highest BCUT2D eigenvalue weighted by Gasteiger charge is 2.22. The van der Waals surface area contributed by atoms with Crippen molar-refractivity contribution in [2.75, 3.05) is 0 Å². The second-order valence-electron chi connectivity index (χ2n) is 3.68. The molecule has 1 heterocycles. The first-order valence-corrected chi connectivity index (χ1v) is 4.95. The van der Waals surface area contributed by atoms with Gasteiger partial charge >= 0.3 is 0 Å². The van der Waals surface area contributed by atoms with Gasteiger partial charge < -0.3 is 0 Å². The summed E-state index contributed by atoms with van der Waals surface area (Å²) in [5.41, 5.74) is 2.47. The number of hydrogen-bond acceptors (Lipinski definition) is 1. The monoisotopic (exact) mass is 173 g/mol. The Morgan fingerprint density at radius 2 is 2.23 bits per heavy atom. The quantitative estimate of drug-likeness (QED) is 0.577. The molecule has 1 aliphatic carbocycles. The molecule has 2 atom stereocenters. The molecule has 0 bridgehead atoms. The van der Waals surface area contributed by atoms with Crippen molar-refractivity contribution < 1.29 is 0 Å². The third-order valence-corrected chi connectivity index (χ3v) is 2.69. The summed E-state index contributed by atoms with van der Waals surface area (Å²) in [7, 11) is 0. The van der Waals surface area contributed by atoms with E-state index in [4.69, 9.17) is 0 Å². The van der Waals surface area contributed by atoms with Crippen molar-refractivity contribution in [3.8, 4) is 0 Å². The molecule has 0 radical (unpaired) electrons. The SMILES string of the molecule is CCC1=CC(C)C2C=CC=CC2=N1. The van der Waals surface area contributed by atoms with Gasteiger partial charge in [-0.05, 0) is 18.4 Å². The number of aliphatic imine (C=N–C) groups is 1. The molecule has 0 aromatic rings. The van der Waals surface area contributed by atoms with E-state index < -0.39 is 0 Å². The van der Waals surface area contributed by atoms with Gasteiger partial charge in [-0.2, -0.15) is 0 Å². The van der Waals surface area contributed by atoms with Crippen molar-refractivity contribution >= 4 is 5.71 Å². The van der Waals surface area contributed by atoms with E-state index in [9.17, 15) is 0 Å². The minimum atomic E-state index is 0.514. The third kappa shape index (κ3) is 1.51. The zero-order valence-corrected chi connectivity index (χ0v) is 8.20. The van der Waals surface area contributed by atoms with Gasteiger partial charge in [0, 0.05) is 17.3 Å². The van der Waals surface area contributed by atoms with Gasteiger partial charge in [-0.15, -0.1) is 0 Å². The molecule has 0 fully saturated rings. The highest BCUT2D eigenvalue weighted by Crippen LogP contribution is 2.27. The average Bonchev–Trinajstić information content (AvgIpc) is 2.18. The summed E-state index contributed by atoms with van der Waals surface area (Å²) in [6.45, 7) is 4.42. The molecule has 2 rings (SSSR count). The predicted octanol–water partition coefficient (Wildman–Crippen LogP) is 3.11.